The summed E-state index contributed by atoms with van der Waals surface area (Å²) in [5, 5.41) is 0. The molecule has 3 nitrogen and oxygen atoms in total. The molecule has 1 aromatic heterocycles. The van der Waals surface area contributed by atoms with Gasteiger partial charge in [-0.1, -0.05) is 19.9 Å². The number of rotatable bonds is 6. The van der Waals surface area contributed by atoms with Crippen LogP contribution in [-0.2, 0) is 6.42 Å². The van der Waals surface area contributed by atoms with E-state index in [0.29, 0.717) is 5.92 Å². The number of pyridine rings is 1. The molecule has 1 atom stereocenters. The fourth-order valence-electron chi connectivity index (χ4n) is 1.51. The molecule has 0 bridgehead atoms. The maximum atomic E-state index is 6.03. The predicted molar refractivity (Wildman–Crippen MR) is 68.3 cm³/mol. The lowest BCUT2D eigenvalue weighted by Gasteiger charge is -2.23. The van der Waals surface area contributed by atoms with Crippen molar-refractivity contribution < 1.29 is 0 Å². The zero-order valence-corrected chi connectivity index (χ0v) is 10.6. The van der Waals surface area contributed by atoms with Crippen molar-refractivity contribution in [3.8, 4) is 0 Å². The van der Waals surface area contributed by atoms with Gasteiger partial charge in [-0.3, -0.25) is 4.98 Å². The fraction of sp³-hybridized carbons (Fsp3) is 0.615. The Hall–Kier alpha value is -0.930. The van der Waals surface area contributed by atoms with Gasteiger partial charge in [0.25, 0.3) is 0 Å². The van der Waals surface area contributed by atoms with Gasteiger partial charge in [0.15, 0.2) is 0 Å². The Kier molecular flexibility index (Phi) is 5.43. The van der Waals surface area contributed by atoms with Gasteiger partial charge in [-0.15, -0.1) is 0 Å². The second-order valence-electron chi connectivity index (χ2n) is 4.74. The van der Waals surface area contributed by atoms with E-state index in [1.54, 1.807) is 0 Å². The maximum Gasteiger partial charge on any atom is 0.0416 e. The van der Waals surface area contributed by atoms with Gasteiger partial charge in [0.2, 0.25) is 0 Å². The molecule has 0 aliphatic rings. The number of hydrogen-bond acceptors (Lipinski definition) is 3. The van der Waals surface area contributed by atoms with Crippen molar-refractivity contribution in [1.82, 2.24) is 9.88 Å². The summed E-state index contributed by atoms with van der Waals surface area (Å²) >= 11 is 0. The van der Waals surface area contributed by atoms with Crippen molar-refractivity contribution in [3.63, 3.8) is 0 Å². The molecular formula is C13H23N3. The van der Waals surface area contributed by atoms with Crippen LogP contribution in [0.25, 0.3) is 0 Å². The summed E-state index contributed by atoms with van der Waals surface area (Å²) in [7, 11) is 2.12. The SMILES string of the molecule is CC(C)[C@@H](N)CN(C)CCc1ccccn1. The number of hydrogen-bond donors (Lipinski definition) is 1. The maximum absolute atomic E-state index is 6.03. The topological polar surface area (TPSA) is 42.1 Å². The van der Waals surface area contributed by atoms with Crippen molar-refractivity contribution >= 4 is 0 Å². The minimum absolute atomic E-state index is 0.258. The molecule has 3 heteroatoms. The number of nitrogens with zero attached hydrogens (tertiary/aromatic N) is 2. The second kappa shape index (κ2) is 6.61. The molecule has 2 N–H and O–H groups in total. The van der Waals surface area contributed by atoms with E-state index in [0.717, 1.165) is 25.2 Å². The van der Waals surface area contributed by atoms with Crippen molar-refractivity contribution in [3.05, 3.63) is 30.1 Å². The van der Waals surface area contributed by atoms with Crippen LogP contribution in [0.15, 0.2) is 24.4 Å². The molecule has 90 valence electrons. The molecule has 0 aliphatic heterocycles. The molecule has 0 aliphatic carbocycles. The van der Waals surface area contributed by atoms with Gasteiger partial charge < -0.3 is 10.6 Å². The molecule has 0 radical (unpaired) electrons. The molecule has 1 aromatic rings. The first kappa shape index (κ1) is 13.1. The van der Waals surface area contributed by atoms with Gasteiger partial charge >= 0.3 is 0 Å². The number of aromatic nitrogens is 1. The molecule has 0 aromatic carbocycles. The van der Waals surface area contributed by atoms with Gasteiger partial charge in [0.1, 0.15) is 0 Å². The number of likely N-dealkylation sites (N-methyl/N-ethyl adjacent to an activating group) is 1. The Bertz CT molecular complexity index is 284. The third kappa shape index (κ3) is 4.73. The Balaban J connectivity index is 2.28. The van der Waals surface area contributed by atoms with Crippen LogP contribution in [0.5, 0.6) is 0 Å². The lowest BCUT2D eigenvalue weighted by Crippen LogP contribution is -2.39. The van der Waals surface area contributed by atoms with E-state index in [4.69, 9.17) is 5.73 Å². The van der Waals surface area contributed by atoms with E-state index >= 15 is 0 Å². The third-order valence-electron chi connectivity index (χ3n) is 2.85. The van der Waals surface area contributed by atoms with Crippen LogP contribution in [0.4, 0.5) is 0 Å². The van der Waals surface area contributed by atoms with Crippen LogP contribution < -0.4 is 5.73 Å². The van der Waals surface area contributed by atoms with E-state index < -0.39 is 0 Å². The van der Waals surface area contributed by atoms with Crippen molar-refractivity contribution in [2.24, 2.45) is 11.7 Å². The highest BCUT2D eigenvalue weighted by Gasteiger charge is 2.10. The highest BCUT2D eigenvalue weighted by atomic mass is 15.1. The van der Waals surface area contributed by atoms with Crippen LogP contribution in [0.2, 0.25) is 0 Å². The van der Waals surface area contributed by atoms with Gasteiger partial charge in [-0.2, -0.15) is 0 Å². The Morgan fingerprint density at radius 1 is 1.38 bits per heavy atom. The molecule has 0 saturated heterocycles. The molecule has 0 saturated carbocycles. The largest absolute Gasteiger partial charge is 0.326 e. The summed E-state index contributed by atoms with van der Waals surface area (Å²) in [6, 6.07) is 6.30. The van der Waals surface area contributed by atoms with Crippen molar-refractivity contribution in [1.29, 1.82) is 0 Å². The van der Waals surface area contributed by atoms with Crippen LogP contribution in [0.3, 0.4) is 0 Å². The van der Waals surface area contributed by atoms with Crippen LogP contribution >= 0.6 is 0 Å². The number of nitrogens with two attached hydrogens (primary N) is 1. The van der Waals surface area contributed by atoms with E-state index in [2.05, 4.69) is 36.8 Å². The van der Waals surface area contributed by atoms with Gasteiger partial charge in [0.05, 0.1) is 0 Å². The van der Waals surface area contributed by atoms with Crippen molar-refractivity contribution in [2.75, 3.05) is 20.1 Å². The minimum Gasteiger partial charge on any atom is -0.326 e. The van der Waals surface area contributed by atoms with E-state index in [-0.39, 0.29) is 6.04 Å². The highest BCUT2D eigenvalue weighted by Crippen LogP contribution is 2.01. The average Bonchev–Trinajstić information content (AvgIpc) is 2.27. The summed E-state index contributed by atoms with van der Waals surface area (Å²) < 4.78 is 0. The summed E-state index contributed by atoms with van der Waals surface area (Å²) in [5.74, 6) is 0.539. The van der Waals surface area contributed by atoms with Gasteiger partial charge in [-0.05, 0) is 25.1 Å². The van der Waals surface area contributed by atoms with Crippen LogP contribution in [0.1, 0.15) is 19.5 Å². The highest BCUT2D eigenvalue weighted by molar-refractivity contribution is 5.03. The van der Waals surface area contributed by atoms with E-state index in [1.807, 2.05) is 18.3 Å². The minimum atomic E-state index is 0.258. The Labute approximate surface area is 98.7 Å². The Morgan fingerprint density at radius 3 is 2.69 bits per heavy atom. The smallest absolute Gasteiger partial charge is 0.0416 e. The van der Waals surface area contributed by atoms with Crippen LogP contribution in [-0.4, -0.2) is 36.1 Å². The summed E-state index contributed by atoms with van der Waals surface area (Å²) in [6.07, 6.45) is 2.83. The van der Waals surface area contributed by atoms with Gasteiger partial charge in [-0.25, -0.2) is 0 Å². The Morgan fingerprint density at radius 2 is 2.12 bits per heavy atom. The quantitative estimate of drug-likeness (QED) is 0.792. The summed E-state index contributed by atoms with van der Waals surface area (Å²) in [4.78, 5) is 6.58. The molecule has 0 fully saturated rings. The first-order valence-electron chi connectivity index (χ1n) is 5.93. The first-order chi connectivity index (χ1) is 7.59. The molecule has 0 unspecified atom stereocenters. The second-order valence-corrected chi connectivity index (χ2v) is 4.74. The summed E-state index contributed by atoms with van der Waals surface area (Å²) in [5.41, 5.74) is 7.17. The third-order valence-corrected chi connectivity index (χ3v) is 2.85. The lowest BCUT2D eigenvalue weighted by atomic mass is 10.1. The van der Waals surface area contributed by atoms with E-state index in [9.17, 15) is 0 Å². The van der Waals surface area contributed by atoms with E-state index in [1.165, 1.54) is 0 Å². The fourth-order valence-corrected chi connectivity index (χ4v) is 1.51. The normalized spacial score (nSPS) is 13.4. The predicted octanol–water partition coefficient (Wildman–Crippen LogP) is 1.54. The molecule has 16 heavy (non-hydrogen) atoms. The van der Waals surface area contributed by atoms with Crippen LogP contribution in [0, 0.1) is 5.92 Å². The average molecular weight is 221 g/mol. The molecule has 1 rings (SSSR count). The molecule has 0 amide bonds. The molecule has 0 spiro atoms. The van der Waals surface area contributed by atoms with Gasteiger partial charge in [0, 0.05) is 37.4 Å². The zero-order chi connectivity index (χ0) is 12.0. The standard InChI is InChI=1S/C13H23N3/c1-11(2)13(14)10-16(3)9-7-12-6-4-5-8-15-12/h4-6,8,11,13H,7,9-10,14H2,1-3H3/t13-/m0/s1. The van der Waals surface area contributed by atoms with Crippen molar-refractivity contribution in [2.45, 2.75) is 26.3 Å². The molecular weight excluding hydrogens is 198 g/mol. The lowest BCUT2D eigenvalue weighted by molar-refractivity contribution is 0.285. The summed E-state index contributed by atoms with van der Waals surface area (Å²) in [6.45, 7) is 6.29. The molecule has 1 heterocycles. The monoisotopic (exact) mass is 221 g/mol. The zero-order valence-electron chi connectivity index (χ0n) is 10.6. The first-order valence-corrected chi connectivity index (χ1v) is 5.93.